The van der Waals surface area contributed by atoms with Gasteiger partial charge in [-0.15, -0.1) is 6.58 Å². The zero-order valence-corrected chi connectivity index (χ0v) is 8.34. The van der Waals surface area contributed by atoms with Crippen molar-refractivity contribution >= 4 is 0 Å². The van der Waals surface area contributed by atoms with Gasteiger partial charge in [-0.3, -0.25) is 0 Å². The molecule has 1 aliphatic carbocycles. The number of aliphatic hydroxyl groups excluding tert-OH is 1. The summed E-state index contributed by atoms with van der Waals surface area (Å²) < 4.78 is 0. The molecule has 2 unspecified atom stereocenters. The first kappa shape index (κ1) is 10.7. The summed E-state index contributed by atoms with van der Waals surface area (Å²) in [6.07, 6.45) is 8.57. The molecule has 0 bridgehead atoms. The number of hydrogen-bond acceptors (Lipinski definition) is 2. The minimum absolute atomic E-state index is 0.132. The van der Waals surface area contributed by atoms with E-state index in [9.17, 15) is 5.11 Å². The van der Waals surface area contributed by atoms with Gasteiger partial charge in [0.25, 0.3) is 0 Å². The highest BCUT2D eigenvalue weighted by atomic mass is 16.3. The Morgan fingerprint density at radius 1 is 1.31 bits per heavy atom. The molecule has 0 aromatic heterocycles. The van der Waals surface area contributed by atoms with Crippen LogP contribution in [0.4, 0.5) is 0 Å². The minimum Gasteiger partial charge on any atom is -0.392 e. The lowest BCUT2D eigenvalue weighted by atomic mass is 10.1. The zero-order chi connectivity index (χ0) is 9.52. The lowest BCUT2D eigenvalue weighted by Crippen LogP contribution is -2.39. The van der Waals surface area contributed by atoms with Gasteiger partial charge in [0.05, 0.1) is 6.10 Å². The molecule has 0 aromatic rings. The van der Waals surface area contributed by atoms with Crippen molar-refractivity contribution in [3.63, 3.8) is 0 Å². The first-order chi connectivity index (χ1) is 6.34. The predicted molar refractivity (Wildman–Crippen MR) is 55.7 cm³/mol. The van der Waals surface area contributed by atoms with E-state index in [-0.39, 0.29) is 6.10 Å². The highest BCUT2D eigenvalue weighted by Crippen LogP contribution is 2.17. The van der Waals surface area contributed by atoms with Crippen LogP contribution in [0.5, 0.6) is 0 Å². The highest BCUT2D eigenvalue weighted by molar-refractivity contribution is 4.80. The van der Waals surface area contributed by atoms with Gasteiger partial charge in [-0.1, -0.05) is 25.3 Å². The van der Waals surface area contributed by atoms with Crippen molar-refractivity contribution in [3.8, 4) is 0 Å². The van der Waals surface area contributed by atoms with Crippen molar-refractivity contribution < 1.29 is 5.11 Å². The van der Waals surface area contributed by atoms with Gasteiger partial charge in [0.15, 0.2) is 0 Å². The van der Waals surface area contributed by atoms with E-state index in [2.05, 4.69) is 11.9 Å². The summed E-state index contributed by atoms with van der Waals surface area (Å²) in [5.74, 6) is 0. The average Bonchev–Trinajstić information content (AvgIpc) is 2.32. The van der Waals surface area contributed by atoms with Gasteiger partial charge in [0, 0.05) is 6.04 Å². The second-order valence-corrected chi connectivity index (χ2v) is 3.84. The van der Waals surface area contributed by atoms with Crippen molar-refractivity contribution in [1.82, 2.24) is 5.32 Å². The Morgan fingerprint density at radius 2 is 2.08 bits per heavy atom. The molecule has 1 aliphatic rings. The number of rotatable bonds is 4. The fraction of sp³-hybridized carbons (Fsp3) is 0.818. The zero-order valence-electron chi connectivity index (χ0n) is 8.34. The van der Waals surface area contributed by atoms with Gasteiger partial charge < -0.3 is 10.4 Å². The van der Waals surface area contributed by atoms with Crippen LogP contribution in [0, 0.1) is 0 Å². The van der Waals surface area contributed by atoms with Crippen molar-refractivity contribution in [2.75, 3.05) is 6.54 Å². The van der Waals surface area contributed by atoms with Crippen molar-refractivity contribution in [1.29, 1.82) is 0 Å². The summed E-state index contributed by atoms with van der Waals surface area (Å²) >= 11 is 0. The molecule has 1 rings (SSSR count). The molecule has 2 nitrogen and oxygen atoms in total. The van der Waals surface area contributed by atoms with Gasteiger partial charge in [-0.05, 0) is 25.8 Å². The quantitative estimate of drug-likeness (QED) is 0.396. The summed E-state index contributed by atoms with van der Waals surface area (Å²) in [7, 11) is 0. The molecule has 0 heterocycles. The van der Waals surface area contributed by atoms with E-state index >= 15 is 0 Å². The topological polar surface area (TPSA) is 32.3 Å². The first-order valence-electron chi connectivity index (χ1n) is 5.37. The molecule has 13 heavy (non-hydrogen) atoms. The van der Waals surface area contributed by atoms with Crippen LogP contribution in [0.2, 0.25) is 0 Å². The Balaban J connectivity index is 2.23. The van der Waals surface area contributed by atoms with Crippen LogP contribution in [0.15, 0.2) is 12.7 Å². The van der Waals surface area contributed by atoms with E-state index in [0.717, 1.165) is 25.8 Å². The Morgan fingerprint density at radius 3 is 2.85 bits per heavy atom. The van der Waals surface area contributed by atoms with E-state index in [0.29, 0.717) is 6.04 Å². The minimum atomic E-state index is -0.132. The van der Waals surface area contributed by atoms with Crippen molar-refractivity contribution in [3.05, 3.63) is 12.7 Å². The van der Waals surface area contributed by atoms with Crippen LogP contribution in [0.25, 0.3) is 0 Å². The molecule has 0 saturated heterocycles. The third-order valence-corrected chi connectivity index (χ3v) is 2.73. The summed E-state index contributed by atoms with van der Waals surface area (Å²) in [4.78, 5) is 0. The molecule has 1 saturated carbocycles. The number of aliphatic hydroxyl groups is 1. The van der Waals surface area contributed by atoms with E-state index in [1.54, 1.807) is 0 Å². The first-order valence-corrected chi connectivity index (χ1v) is 5.37. The summed E-state index contributed by atoms with van der Waals surface area (Å²) in [6, 6.07) is 0.322. The standard InChI is InChI=1S/C11H21NO/c1-2-3-9-12-10-7-5-4-6-8-11(10)13/h2,10-13H,1,3-9H2. The van der Waals surface area contributed by atoms with Crippen LogP contribution < -0.4 is 5.32 Å². The Kier molecular flexibility index (Phi) is 5.09. The maximum atomic E-state index is 9.76. The van der Waals surface area contributed by atoms with Crippen LogP contribution in [-0.2, 0) is 0 Å². The van der Waals surface area contributed by atoms with Crippen LogP contribution in [0.1, 0.15) is 38.5 Å². The van der Waals surface area contributed by atoms with Gasteiger partial charge in [-0.25, -0.2) is 0 Å². The summed E-state index contributed by atoms with van der Waals surface area (Å²) in [5.41, 5.74) is 0. The highest BCUT2D eigenvalue weighted by Gasteiger charge is 2.20. The van der Waals surface area contributed by atoms with Crippen LogP contribution >= 0.6 is 0 Å². The Hall–Kier alpha value is -0.340. The second-order valence-electron chi connectivity index (χ2n) is 3.84. The molecule has 2 N–H and O–H groups in total. The predicted octanol–water partition coefficient (Wildman–Crippen LogP) is 1.85. The molecule has 0 amide bonds. The molecule has 0 aliphatic heterocycles. The van der Waals surface area contributed by atoms with Gasteiger partial charge >= 0.3 is 0 Å². The molecule has 0 aromatic carbocycles. The molecule has 2 heteroatoms. The molecule has 0 radical (unpaired) electrons. The number of nitrogens with one attached hydrogen (secondary N) is 1. The average molecular weight is 183 g/mol. The third kappa shape index (κ3) is 3.92. The Bertz CT molecular complexity index is 147. The van der Waals surface area contributed by atoms with Crippen LogP contribution in [-0.4, -0.2) is 23.8 Å². The van der Waals surface area contributed by atoms with Gasteiger partial charge in [0.1, 0.15) is 0 Å². The summed E-state index contributed by atoms with van der Waals surface area (Å²) in [5, 5.41) is 13.2. The van der Waals surface area contributed by atoms with Crippen LogP contribution in [0.3, 0.4) is 0 Å². The second kappa shape index (κ2) is 6.17. The SMILES string of the molecule is C=CCCNC1CCCCCC1O. The smallest absolute Gasteiger partial charge is 0.0693 e. The lowest BCUT2D eigenvalue weighted by molar-refractivity contribution is 0.120. The molecular weight excluding hydrogens is 162 g/mol. The van der Waals surface area contributed by atoms with E-state index < -0.39 is 0 Å². The molecule has 2 atom stereocenters. The van der Waals surface area contributed by atoms with Crippen molar-refractivity contribution in [2.45, 2.75) is 50.7 Å². The fourth-order valence-electron chi connectivity index (χ4n) is 1.90. The molecule has 1 fully saturated rings. The Labute approximate surface area is 81.0 Å². The maximum Gasteiger partial charge on any atom is 0.0693 e. The van der Waals surface area contributed by atoms with Crippen molar-refractivity contribution in [2.24, 2.45) is 0 Å². The molecule has 76 valence electrons. The third-order valence-electron chi connectivity index (χ3n) is 2.73. The maximum absolute atomic E-state index is 9.76. The largest absolute Gasteiger partial charge is 0.392 e. The lowest BCUT2D eigenvalue weighted by Gasteiger charge is -2.21. The number of hydrogen-bond donors (Lipinski definition) is 2. The summed E-state index contributed by atoms with van der Waals surface area (Å²) in [6.45, 7) is 4.63. The van der Waals surface area contributed by atoms with Gasteiger partial charge in [-0.2, -0.15) is 0 Å². The fourth-order valence-corrected chi connectivity index (χ4v) is 1.90. The monoisotopic (exact) mass is 183 g/mol. The van der Waals surface area contributed by atoms with Gasteiger partial charge in [0.2, 0.25) is 0 Å². The van der Waals surface area contributed by atoms with E-state index in [1.165, 1.54) is 19.3 Å². The van der Waals surface area contributed by atoms with E-state index in [4.69, 9.17) is 0 Å². The molecular formula is C11H21NO. The normalized spacial score (nSPS) is 29.6. The molecule has 0 spiro atoms. The van der Waals surface area contributed by atoms with E-state index in [1.807, 2.05) is 6.08 Å².